The predicted octanol–water partition coefficient (Wildman–Crippen LogP) is 4.83. The van der Waals surface area contributed by atoms with E-state index in [0.29, 0.717) is 24.5 Å². The lowest BCUT2D eigenvalue weighted by Crippen LogP contribution is -1.99. The van der Waals surface area contributed by atoms with Crippen molar-refractivity contribution < 1.29 is 14.4 Å². The van der Waals surface area contributed by atoms with E-state index in [2.05, 4.69) is 4.98 Å². The summed E-state index contributed by atoms with van der Waals surface area (Å²) in [7, 11) is 0. The van der Waals surface area contributed by atoms with Gasteiger partial charge in [0.2, 0.25) is 0 Å². The Bertz CT molecular complexity index is 906. The Kier molecular flexibility index (Phi) is 5.48. The van der Waals surface area contributed by atoms with Crippen LogP contribution in [0, 0.1) is 24.0 Å². The van der Waals surface area contributed by atoms with Gasteiger partial charge in [0.25, 0.3) is 5.69 Å². The second-order valence-corrected chi connectivity index (χ2v) is 6.77. The molecule has 0 saturated heterocycles. The molecule has 0 amide bonds. The number of aromatic nitrogens is 1. The molecule has 134 valence electrons. The van der Waals surface area contributed by atoms with Crippen molar-refractivity contribution >= 4 is 17.0 Å². The molecule has 0 radical (unpaired) electrons. The first-order chi connectivity index (χ1) is 12.5. The van der Waals surface area contributed by atoms with Gasteiger partial charge in [0.05, 0.1) is 10.6 Å². The molecule has 7 heteroatoms. The summed E-state index contributed by atoms with van der Waals surface area (Å²) < 4.78 is 11.4. The lowest BCUT2D eigenvalue weighted by atomic mass is 10.2. The highest BCUT2D eigenvalue weighted by Crippen LogP contribution is 2.24. The standard InChI is InChI=1S/C19H18N2O4S/c1-13-3-5-16(6-4-13)25-11-19-20-15(12-26-19)10-24-17-7-8-18(21(22)23)14(2)9-17/h3-9,12H,10-11H2,1-2H3. The predicted molar refractivity (Wildman–Crippen MR) is 99.8 cm³/mol. The number of hydrogen-bond acceptors (Lipinski definition) is 6. The summed E-state index contributed by atoms with van der Waals surface area (Å²) in [6.45, 7) is 4.43. The maximum absolute atomic E-state index is 10.8. The molecule has 0 N–H and O–H groups in total. The van der Waals surface area contributed by atoms with Gasteiger partial charge in [0, 0.05) is 17.0 Å². The van der Waals surface area contributed by atoms with E-state index in [0.717, 1.165) is 16.5 Å². The molecule has 0 aliphatic heterocycles. The molecule has 6 nitrogen and oxygen atoms in total. The van der Waals surface area contributed by atoms with Crippen LogP contribution in [0.4, 0.5) is 5.69 Å². The third-order valence-corrected chi connectivity index (χ3v) is 4.61. The van der Waals surface area contributed by atoms with Gasteiger partial charge in [0.15, 0.2) is 0 Å². The fourth-order valence-electron chi connectivity index (χ4n) is 2.34. The highest BCUT2D eigenvalue weighted by Gasteiger charge is 2.11. The van der Waals surface area contributed by atoms with E-state index in [1.165, 1.54) is 23.0 Å². The first-order valence-corrected chi connectivity index (χ1v) is 8.90. The van der Waals surface area contributed by atoms with Gasteiger partial charge in [-0.2, -0.15) is 0 Å². The fourth-order valence-corrected chi connectivity index (χ4v) is 3.03. The van der Waals surface area contributed by atoms with Gasteiger partial charge in [-0.25, -0.2) is 4.98 Å². The Hall–Kier alpha value is -2.93. The molecule has 0 aliphatic carbocycles. The summed E-state index contributed by atoms with van der Waals surface area (Å²) in [6.07, 6.45) is 0. The van der Waals surface area contributed by atoms with Crippen molar-refractivity contribution in [3.63, 3.8) is 0 Å². The van der Waals surface area contributed by atoms with E-state index in [1.807, 2.05) is 36.6 Å². The molecular formula is C19H18N2O4S. The van der Waals surface area contributed by atoms with Crippen molar-refractivity contribution in [2.45, 2.75) is 27.1 Å². The number of hydrogen-bond donors (Lipinski definition) is 0. The van der Waals surface area contributed by atoms with E-state index in [-0.39, 0.29) is 5.69 Å². The minimum Gasteiger partial charge on any atom is -0.487 e. The normalized spacial score (nSPS) is 10.5. The average molecular weight is 370 g/mol. The Morgan fingerprint density at radius 1 is 1.04 bits per heavy atom. The summed E-state index contributed by atoms with van der Waals surface area (Å²) in [6, 6.07) is 12.6. The van der Waals surface area contributed by atoms with Crippen LogP contribution in [-0.4, -0.2) is 9.91 Å². The first-order valence-electron chi connectivity index (χ1n) is 8.02. The van der Waals surface area contributed by atoms with Crippen LogP contribution in [0.15, 0.2) is 47.8 Å². The molecule has 3 rings (SSSR count). The van der Waals surface area contributed by atoms with E-state index in [1.54, 1.807) is 19.1 Å². The Balaban J connectivity index is 1.54. The maximum Gasteiger partial charge on any atom is 0.272 e. The number of rotatable bonds is 7. The van der Waals surface area contributed by atoms with E-state index in [9.17, 15) is 10.1 Å². The van der Waals surface area contributed by atoms with Crippen LogP contribution in [-0.2, 0) is 13.2 Å². The van der Waals surface area contributed by atoms with E-state index >= 15 is 0 Å². The Labute approximate surface area is 155 Å². The largest absolute Gasteiger partial charge is 0.487 e. The number of thiazole rings is 1. The molecule has 0 aliphatic rings. The van der Waals surface area contributed by atoms with Gasteiger partial charge in [0.1, 0.15) is 29.7 Å². The highest BCUT2D eigenvalue weighted by atomic mass is 32.1. The summed E-state index contributed by atoms with van der Waals surface area (Å²) in [5.41, 5.74) is 2.64. The van der Waals surface area contributed by atoms with Crippen molar-refractivity contribution in [1.82, 2.24) is 4.98 Å². The highest BCUT2D eigenvalue weighted by molar-refractivity contribution is 7.09. The van der Waals surface area contributed by atoms with Crippen molar-refractivity contribution in [3.8, 4) is 11.5 Å². The van der Waals surface area contributed by atoms with Gasteiger partial charge in [-0.3, -0.25) is 10.1 Å². The topological polar surface area (TPSA) is 74.5 Å². The second kappa shape index (κ2) is 7.97. The average Bonchev–Trinajstić information content (AvgIpc) is 3.07. The van der Waals surface area contributed by atoms with Gasteiger partial charge < -0.3 is 9.47 Å². The molecule has 0 fully saturated rings. The second-order valence-electron chi connectivity index (χ2n) is 5.83. The molecule has 2 aromatic carbocycles. The van der Waals surface area contributed by atoms with Crippen LogP contribution in [0.2, 0.25) is 0 Å². The van der Waals surface area contributed by atoms with Crippen LogP contribution in [0.3, 0.4) is 0 Å². The van der Waals surface area contributed by atoms with E-state index in [4.69, 9.17) is 9.47 Å². The third-order valence-electron chi connectivity index (χ3n) is 3.73. The van der Waals surface area contributed by atoms with Crippen molar-refractivity contribution in [1.29, 1.82) is 0 Å². The summed E-state index contributed by atoms with van der Waals surface area (Å²) in [5, 5.41) is 13.6. The van der Waals surface area contributed by atoms with Crippen LogP contribution in [0.1, 0.15) is 21.8 Å². The monoisotopic (exact) mass is 370 g/mol. The number of nitro groups is 1. The Morgan fingerprint density at radius 2 is 1.73 bits per heavy atom. The summed E-state index contributed by atoms with van der Waals surface area (Å²) in [5.74, 6) is 1.39. The lowest BCUT2D eigenvalue weighted by Gasteiger charge is -2.06. The van der Waals surface area contributed by atoms with Crippen molar-refractivity contribution in [2.24, 2.45) is 0 Å². The van der Waals surface area contributed by atoms with Gasteiger partial charge >= 0.3 is 0 Å². The summed E-state index contributed by atoms with van der Waals surface area (Å²) >= 11 is 1.51. The zero-order valence-electron chi connectivity index (χ0n) is 14.5. The maximum atomic E-state index is 10.8. The number of ether oxygens (including phenoxy) is 2. The summed E-state index contributed by atoms with van der Waals surface area (Å²) in [4.78, 5) is 14.9. The Morgan fingerprint density at radius 3 is 2.42 bits per heavy atom. The fraction of sp³-hybridized carbons (Fsp3) is 0.211. The molecule has 3 aromatic rings. The zero-order valence-corrected chi connectivity index (χ0v) is 15.3. The van der Waals surface area contributed by atoms with E-state index < -0.39 is 4.92 Å². The van der Waals surface area contributed by atoms with Gasteiger partial charge in [-0.1, -0.05) is 17.7 Å². The molecule has 0 saturated carbocycles. The number of nitrogens with zero attached hydrogens (tertiary/aromatic N) is 2. The quantitative estimate of drug-likeness (QED) is 0.440. The number of aryl methyl sites for hydroxylation is 2. The van der Waals surface area contributed by atoms with Crippen LogP contribution in [0.25, 0.3) is 0 Å². The van der Waals surface area contributed by atoms with Gasteiger partial charge in [-0.15, -0.1) is 11.3 Å². The van der Waals surface area contributed by atoms with Crippen molar-refractivity contribution in [3.05, 3.63) is 79.8 Å². The molecule has 26 heavy (non-hydrogen) atoms. The minimum absolute atomic E-state index is 0.0848. The molecular weight excluding hydrogens is 352 g/mol. The van der Waals surface area contributed by atoms with Crippen LogP contribution >= 0.6 is 11.3 Å². The third kappa shape index (κ3) is 4.58. The lowest BCUT2D eigenvalue weighted by molar-refractivity contribution is -0.385. The van der Waals surface area contributed by atoms with Crippen LogP contribution in [0.5, 0.6) is 11.5 Å². The van der Waals surface area contributed by atoms with Crippen molar-refractivity contribution in [2.75, 3.05) is 0 Å². The molecule has 0 atom stereocenters. The number of nitro benzene ring substituents is 1. The smallest absolute Gasteiger partial charge is 0.272 e. The molecule has 0 spiro atoms. The number of benzene rings is 2. The zero-order chi connectivity index (χ0) is 18.5. The molecule has 1 aromatic heterocycles. The van der Waals surface area contributed by atoms with Crippen LogP contribution < -0.4 is 9.47 Å². The molecule has 0 bridgehead atoms. The minimum atomic E-state index is -0.403. The molecule has 1 heterocycles. The van der Waals surface area contributed by atoms with Gasteiger partial charge in [-0.05, 0) is 38.1 Å². The SMILES string of the molecule is Cc1ccc(OCc2nc(COc3ccc([N+](=O)[O-])c(C)c3)cs2)cc1. The first kappa shape index (κ1) is 17.9. The molecule has 0 unspecified atom stereocenters.